The maximum Gasteiger partial charge on any atom is 0.284 e. The Hall–Kier alpha value is -4.13. The summed E-state index contributed by atoms with van der Waals surface area (Å²) in [5.74, 6) is 0.615. The Morgan fingerprint density at radius 1 is 1.12 bits per heavy atom. The van der Waals surface area contributed by atoms with E-state index < -0.39 is 15.9 Å². The molecule has 174 valence electrons. The Bertz CT molecular complexity index is 1560. The minimum atomic E-state index is -3.89. The Morgan fingerprint density at radius 3 is 2.59 bits per heavy atom. The van der Waals surface area contributed by atoms with Gasteiger partial charge in [0.15, 0.2) is 5.82 Å². The molecular formula is C21H20N8O4S. The molecule has 1 fully saturated rings. The number of amides is 1. The number of pyridine rings is 1. The first-order chi connectivity index (χ1) is 16.3. The van der Waals surface area contributed by atoms with Gasteiger partial charge in [0.25, 0.3) is 15.6 Å². The van der Waals surface area contributed by atoms with Crippen LogP contribution in [-0.4, -0.2) is 50.1 Å². The van der Waals surface area contributed by atoms with Crippen molar-refractivity contribution in [3.8, 4) is 0 Å². The van der Waals surface area contributed by atoms with Gasteiger partial charge in [-0.1, -0.05) is 0 Å². The maximum atomic E-state index is 12.8. The Labute approximate surface area is 193 Å². The van der Waals surface area contributed by atoms with Crippen LogP contribution in [0.1, 0.15) is 24.6 Å². The van der Waals surface area contributed by atoms with E-state index in [2.05, 4.69) is 30.7 Å². The number of hydrogen-bond donors (Lipinski definition) is 2. The topological polar surface area (TPSA) is 154 Å². The van der Waals surface area contributed by atoms with Crippen molar-refractivity contribution in [2.45, 2.75) is 30.2 Å². The molecule has 1 aliphatic carbocycles. The van der Waals surface area contributed by atoms with E-state index in [0.29, 0.717) is 28.5 Å². The first-order valence-electron chi connectivity index (χ1n) is 10.5. The summed E-state index contributed by atoms with van der Waals surface area (Å²) in [5.41, 5.74) is 0.310. The van der Waals surface area contributed by atoms with Crippen molar-refractivity contribution in [2.75, 3.05) is 17.7 Å². The lowest BCUT2D eigenvalue weighted by Crippen LogP contribution is -2.28. The number of fused-ring (bicyclic) bond motifs is 1. The number of anilines is 2. The molecule has 1 aromatic carbocycles. The summed E-state index contributed by atoms with van der Waals surface area (Å²) in [6.45, 7) is -0.278. The predicted molar refractivity (Wildman–Crippen MR) is 123 cm³/mol. The molecule has 4 aromatic rings. The van der Waals surface area contributed by atoms with E-state index in [-0.39, 0.29) is 22.9 Å². The third kappa shape index (κ3) is 4.12. The predicted octanol–water partition coefficient (Wildman–Crippen LogP) is 1.18. The molecule has 34 heavy (non-hydrogen) atoms. The first-order valence-corrected chi connectivity index (χ1v) is 11.9. The molecule has 0 atom stereocenters. The van der Waals surface area contributed by atoms with E-state index in [9.17, 15) is 18.0 Å². The zero-order chi connectivity index (χ0) is 23.9. The van der Waals surface area contributed by atoms with Gasteiger partial charge in [-0.15, -0.1) is 9.19 Å². The molecule has 0 radical (unpaired) electrons. The van der Waals surface area contributed by atoms with Crippen molar-refractivity contribution in [2.24, 2.45) is 0 Å². The van der Waals surface area contributed by atoms with E-state index in [1.165, 1.54) is 41.2 Å². The van der Waals surface area contributed by atoms with Crippen molar-refractivity contribution >= 4 is 38.6 Å². The lowest BCUT2D eigenvalue weighted by atomic mass is 10.3. The fourth-order valence-corrected chi connectivity index (χ4v) is 4.47. The van der Waals surface area contributed by atoms with Gasteiger partial charge < -0.3 is 10.6 Å². The third-order valence-electron chi connectivity index (χ3n) is 5.36. The minimum Gasteiger partial charge on any atom is -0.357 e. The van der Waals surface area contributed by atoms with Crippen LogP contribution in [-0.2, 0) is 21.4 Å². The number of benzene rings is 1. The molecule has 3 heterocycles. The molecule has 3 aromatic heterocycles. The van der Waals surface area contributed by atoms with Crippen molar-refractivity contribution in [1.82, 2.24) is 28.7 Å². The van der Waals surface area contributed by atoms with Crippen LogP contribution >= 0.6 is 0 Å². The minimum absolute atomic E-state index is 0.0133. The van der Waals surface area contributed by atoms with Crippen LogP contribution in [0.5, 0.6) is 0 Å². The van der Waals surface area contributed by atoms with E-state index in [0.717, 1.165) is 16.9 Å². The van der Waals surface area contributed by atoms with Crippen LogP contribution in [0.15, 0.2) is 58.6 Å². The van der Waals surface area contributed by atoms with Crippen LogP contribution < -0.4 is 16.2 Å². The average Bonchev–Trinajstić information content (AvgIpc) is 3.56. The number of carbonyl (C=O) groups is 1. The van der Waals surface area contributed by atoms with Gasteiger partial charge in [-0.3, -0.25) is 14.2 Å². The monoisotopic (exact) mass is 480 g/mol. The molecule has 13 heteroatoms. The van der Waals surface area contributed by atoms with Gasteiger partial charge >= 0.3 is 0 Å². The van der Waals surface area contributed by atoms with E-state index in [1.807, 2.05) is 0 Å². The number of carbonyl (C=O) groups excluding carboxylic acids is 1. The van der Waals surface area contributed by atoms with Gasteiger partial charge in [0, 0.05) is 36.3 Å². The number of hydrogen-bond acceptors (Lipinski definition) is 9. The summed E-state index contributed by atoms with van der Waals surface area (Å²) in [6.07, 6.45) is 4.69. The maximum absolute atomic E-state index is 12.8. The quantitative estimate of drug-likeness (QED) is 0.397. The molecule has 1 amide bonds. The van der Waals surface area contributed by atoms with Gasteiger partial charge in [0.2, 0.25) is 11.9 Å². The normalized spacial score (nSPS) is 13.7. The van der Waals surface area contributed by atoms with Crippen molar-refractivity contribution in [3.05, 3.63) is 65.1 Å². The van der Waals surface area contributed by atoms with Crippen LogP contribution in [0.2, 0.25) is 0 Å². The van der Waals surface area contributed by atoms with Gasteiger partial charge in [0.05, 0.1) is 4.90 Å². The summed E-state index contributed by atoms with van der Waals surface area (Å²) < 4.78 is 27.7. The second-order valence-corrected chi connectivity index (χ2v) is 9.60. The zero-order valence-electron chi connectivity index (χ0n) is 18.0. The fraction of sp³-hybridized carbons (Fsp3) is 0.238. The second kappa shape index (κ2) is 8.33. The highest BCUT2D eigenvalue weighted by atomic mass is 32.2. The molecule has 12 nitrogen and oxygen atoms in total. The zero-order valence-corrected chi connectivity index (χ0v) is 18.9. The molecule has 2 N–H and O–H groups in total. The van der Waals surface area contributed by atoms with Gasteiger partial charge in [-0.25, -0.2) is 9.97 Å². The smallest absolute Gasteiger partial charge is 0.284 e. The highest BCUT2D eigenvalue weighted by molar-refractivity contribution is 7.89. The molecule has 0 saturated heterocycles. The van der Waals surface area contributed by atoms with E-state index in [4.69, 9.17) is 0 Å². The van der Waals surface area contributed by atoms with Crippen LogP contribution in [0, 0.1) is 0 Å². The molecule has 1 aliphatic rings. The Morgan fingerprint density at radius 2 is 1.88 bits per heavy atom. The number of rotatable bonds is 7. The molecule has 0 aliphatic heterocycles. The van der Waals surface area contributed by atoms with Crippen LogP contribution in [0.3, 0.4) is 0 Å². The Balaban J connectivity index is 1.33. The summed E-state index contributed by atoms with van der Waals surface area (Å²) in [6, 6.07) is 8.62. The lowest BCUT2D eigenvalue weighted by Gasteiger charge is -2.11. The number of nitrogens with one attached hydrogen (secondary N) is 2. The molecule has 5 rings (SSSR count). The molecule has 1 saturated carbocycles. The highest BCUT2D eigenvalue weighted by Crippen LogP contribution is 2.37. The standard InChI is InChI=1S/C21H20N8O4S/c1-22-21-23-10-14-4-9-18(31)28(20(14)26-21)11-17(30)25-15-5-7-16(8-6-15)34(32,33)29-12-24-19(27-29)13-2-3-13/h4-10,12-13H,2-3,11H2,1H3,(H,25,30)(H,22,23,26). The molecular weight excluding hydrogens is 460 g/mol. The van der Waals surface area contributed by atoms with Crippen LogP contribution in [0.4, 0.5) is 11.6 Å². The van der Waals surface area contributed by atoms with Crippen molar-refractivity contribution < 1.29 is 13.2 Å². The average molecular weight is 481 g/mol. The van der Waals surface area contributed by atoms with Crippen molar-refractivity contribution in [1.29, 1.82) is 0 Å². The fourth-order valence-electron chi connectivity index (χ4n) is 3.41. The summed E-state index contributed by atoms with van der Waals surface area (Å²) >= 11 is 0. The number of aromatic nitrogens is 6. The summed E-state index contributed by atoms with van der Waals surface area (Å²) in [5, 5.41) is 10.2. The van der Waals surface area contributed by atoms with Crippen LogP contribution in [0.25, 0.3) is 11.0 Å². The van der Waals surface area contributed by atoms with Gasteiger partial charge in [-0.05, 0) is 43.2 Å². The highest BCUT2D eigenvalue weighted by Gasteiger charge is 2.29. The largest absolute Gasteiger partial charge is 0.357 e. The second-order valence-electron chi connectivity index (χ2n) is 7.81. The SMILES string of the molecule is CNc1ncc2ccc(=O)n(CC(=O)Nc3ccc(S(=O)(=O)n4cnc(C5CC5)n4)cc3)c2n1. The Kier molecular flexibility index (Phi) is 5.32. The van der Waals surface area contributed by atoms with E-state index in [1.54, 1.807) is 19.3 Å². The molecule has 0 bridgehead atoms. The summed E-state index contributed by atoms with van der Waals surface area (Å²) in [7, 11) is -2.24. The van der Waals surface area contributed by atoms with E-state index >= 15 is 0 Å². The lowest BCUT2D eigenvalue weighted by molar-refractivity contribution is -0.116. The molecule has 0 unspecified atom stereocenters. The summed E-state index contributed by atoms with van der Waals surface area (Å²) in [4.78, 5) is 37.5. The number of nitrogens with zero attached hydrogens (tertiary/aromatic N) is 6. The van der Waals surface area contributed by atoms with Crippen molar-refractivity contribution in [3.63, 3.8) is 0 Å². The third-order valence-corrected chi connectivity index (χ3v) is 6.90. The van der Waals surface area contributed by atoms with Gasteiger partial charge in [-0.2, -0.15) is 13.4 Å². The first kappa shape index (κ1) is 21.7. The van der Waals surface area contributed by atoms with Gasteiger partial charge in [0.1, 0.15) is 18.5 Å². The molecule has 0 spiro atoms.